The maximum absolute atomic E-state index is 13.7. The largest absolute Gasteiger partial charge is 0.497 e. The number of nitrogens with zero attached hydrogens (tertiary/aromatic N) is 2. The molecule has 2 aromatic rings. The molecule has 1 N–H and O–H groups in total. The number of hydrogen-bond donors (Lipinski definition) is 1. The van der Waals surface area contributed by atoms with Gasteiger partial charge >= 0.3 is 0 Å². The van der Waals surface area contributed by atoms with Gasteiger partial charge in [0.1, 0.15) is 11.3 Å². The van der Waals surface area contributed by atoms with Crippen LogP contribution in [0.1, 0.15) is 48.4 Å². The van der Waals surface area contributed by atoms with E-state index in [0.29, 0.717) is 30.8 Å². The number of hydrogen-bond acceptors (Lipinski definition) is 4. The molecule has 3 fully saturated rings. The van der Waals surface area contributed by atoms with Crippen molar-refractivity contribution in [2.45, 2.75) is 43.8 Å². The normalized spacial score (nSPS) is 26.6. The Morgan fingerprint density at radius 2 is 2.06 bits per heavy atom. The van der Waals surface area contributed by atoms with E-state index in [9.17, 15) is 4.79 Å². The molecular formula is C27H30N2O3. The van der Waals surface area contributed by atoms with Gasteiger partial charge in [-0.15, -0.1) is 0 Å². The number of carbonyl (C=O) groups excluding carboxylic acids is 1. The number of amides is 1. The fourth-order valence-electron chi connectivity index (χ4n) is 6.03. The van der Waals surface area contributed by atoms with Gasteiger partial charge in [-0.1, -0.05) is 36.1 Å². The first-order valence-electron chi connectivity index (χ1n) is 11.5. The maximum atomic E-state index is 13.7. The van der Waals surface area contributed by atoms with Crippen LogP contribution in [0.25, 0.3) is 0 Å². The van der Waals surface area contributed by atoms with Crippen molar-refractivity contribution < 1.29 is 14.6 Å². The molecule has 0 saturated carbocycles. The summed E-state index contributed by atoms with van der Waals surface area (Å²) in [5.41, 5.74) is 3.04. The van der Waals surface area contributed by atoms with Crippen LogP contribution in [0.15, 0.2) is 48.5 Å². The molecule has 5 nitrogen and oxygen atoms in total. The minimum absolute atomic E-state index is 0.0917. The van der Waals surface area contributed by atoms with Crippen molar-refractivity contribution in [2.24, 2.45) is 5.92 Å². The molecular weight excluding hydrogens is 400 g/mol. The van der Waals surface area contributed by atoms with Gasteiger partial charge in [-0.05, 0) is 61.2 Å². The molecule has 3 aliphatic rings. The second-order valence-corrected chi connectivity index (χ2v) is 9.10. The van der Waals surface area contributed by atoms with E-state index in [2.05, 4.69) is 52.0 Å². The number of aliphatic hydroxyl groups is 1. The van der Waals surface area contributed by atoms with Gasteiger partial charge in [0, 0.05) is 37.0 Å². The van der Waals surface area contributed by atoms with Crippen molar-refractivity contribution in [3.63, 3.8) is 0 Å². The summed E-state index contributed by atoms with van der Waals surface area (Å²) in [7, 11) is 1.67. The van der Waals surface area contributed by atoms with Crippen molar-refractivity contribution in [2.75, 3.05) is 26.8 Å². The average Bonchev–Trinajstić information content (AvgIpc) is 3.45. The third-order valence-corrected chi connectivity index (χ3v) is 7.40. The Bertz CT molecular complexity index is 1050. The van der Waals surface area contributed by atoms with Gasteiger partial charge in [0.25, 0.3) is 0 Å². The molecule has 166 valence electrons. The zero-order valence-electron chi connectivity index (χ0n) is 18.6. The molecule has 0 aromatic heterocycles. The molecule has 0 unspecified atom stereocenters. The fraction of sp³-hybridized carbons (Fsp3) is 0.444. The van der Waals surface area contributed by atoms with E-state index in [1.807, 2.05) is 18.2 Å². The molecule has 3 saturated heterocycles. The van der Waals surface area contributed by atoms with E-state index >= 15 is 0 Å². The third kappa shape index (κ3) is 3.48. The fourth-order valence-corrected chi connectivity index (χ4v) is 6.03. The van der Waals surface area contributed by atoms with Gasteiger partial charge in [-0.2, -0.15) is 0 Å². The summed E-state index contributed by atoms with van der Waals surface area (Å²) in [6.45, 7) is 2.55. The number of methoxy groups -OCH3 is 1. The molecule has 0 aliphatic carbocycles. The van der Waals surface area contributed by atoms with Crippen molar-refractivity contribution in [1.82, 2.24) is 9.80 Å². The van der Waals surface area contributed by atoms with Crippen molar-refractivity contribution in [3.05, 3.63) is 65.2 Å². The second-order valence-electron chi connectivity index (χ2n) is 9.10. The molecule has 1 amide bonds. The summed E-state index contributed by atoms with van der Waals surface area (Å²) < 4.78 is 5.36. The summed E-state index contributed by atoms with van der Waals surface area (Å²) in [5.74, 6) is 7.58. The molecule has 32 heavy (non-hydrogen) atoms. The lowest BCUT2D eigenvalue weighted by Gasteiger charge is -2.33. The van der Waals surface area contributed by atoms with Gasteiger partial charge in [-0.3, -0.25) is 9.69 Å². The summed E-state index contributed by atoms with van der Waals surface area (Å²) >= 11 is 0. The summed E-state index contributed by atoms with van der Waals surface area (Å²) in [5, 5.41) is 8.90. The zero-order chi connectivity index (χ0) is 22.1. The van der Waals surface area contributed by atoms with E-state index in [0.717, 1.165) is 49.2 Å². The van der Waals surface area contributed by atoms with Crippen LogP contribution in [0.3, 0.4) is 0 Å². The first-order chi connectivity index (χ1) is 15.7. The summed E-state index contributed by atoms with van der Waals surface area (Å²) in [4.78, 5) is 18.3. The topological polar surface area (TPSA) is 53.0 Å². The van der Waals surface area contributed by atoms with Gasteiger partial charge in [-0.25, -0.2) is 0 Å². The molecule has 5 rings (SSSR count). The number of likely N-dealkylation sites (tertiary alicyclic amines) is 1. The van der Waals surface area contributed by atoms with E-state index in [-0.39, 0.29) is 12.1 Å². The Balaban J connectivity index is 1.34. The Morgan fingerprint density at radius 3 is 2.84 bits per heavy atom. The molecule has 0 bridgehead atoms. The monoisotopic (exact) mass is 430 g/mol. The molecule has 0 radical (unpaired) electrons. The molecule has 3 atom stereocenters. The first kappa shape index (κ1) is 21.1. The van der Waals surface area contributed by atoms with Crippen LogP contribution in [0, 0.1) is 17.8 Å². The van der Waals surface area contributed by atoms with Crippen LogP contribution in [-0.2, 0) is 11.3 Å². The predicted octanol–water partition coefficient (Wildman–Crippen LogP) is 3.37. The minimum atomic E-state index is -0.330. The first-order valence-corrected chi connectivity index (χ1v) is 11.5. The van der Waals surface area contributed by atoms with E-state index in [4.69, 9.17) is 9.84 Å². The number of carbonyl (C=O) groups is 1. The maximum Gasteiger partial charge on any atom is 0.243 e. The zero-order valence-corrected chi connectivity index (χ0v) is 18.6. The predicted molar refractivity (Wildman–Crippen MR) is 123 cm³/mol. The van der Waals surface area contributed by atoms with Gasteiger partial charge < -0.3 is 14.7 Å². The van der Waals surface area contributed by atoms with E-state index < -0.39 is 0 Å². The van der Waals surface area contributed by atoms with Crippen LogP contribution in [0.4, 0.5) is 0 Å². The molecule has 3 heterocycles. The highest BCUT2D eigenvalue weighted by molar-refractivity contribution is 5.90. The molecule has 1 spiro atoms. The lowest BCUT2D eigenvalue weighted by molar-refractivity contribution is -0.137. The molecule has 5 heteroatoms. The van der Waals surface area contributed by atoms with Crippen molar-refractivity contribution >= 4 is 5.91 Å². The highest BCUT2D eigenvalue weighted by Crippen LogP contribution is 2.56. The number of benzene rings is 2. The van der Waals surface area contributed by atoms with Crippen LogP contribution >= 0.6 is 0 Å². The van der Waals surface area contributed by atoms with Gasteiger partial charge in [0.15, 0.2) is 0 Å². The molecule has 3 aliphatic heterocycles. The average molecular weight is 431 g/mol. The number of aliphatic hydroxyl groups excluding tert-OH is 1. The van der Waals surface area contributed by atoms with E-state index in [1.54, 1.807) is 7.11 Å². The smallest absolute Gasteiger partial charge is 0.243 e. The Hall–Kier alpha value is -2.81. The minimum Gasteiger partial charge on any atom is -0.497 e. The standard InChI is InChI=1S/C27H30N2O3/c1-32-24-8-4-7-21(16-24)18-28-19-23-17-25(29-14-5-13-27(23,29)26(28)31)22-11-9-20(10-12-22)6-2-3-15-30/h4,7-12,16,23,25,30H,3,5,13-15,17-19H2,1H3/t23-,25-,27-/m0/s1. The SMILES string of the molecule is COc1cccc(CN2C[C@@H]3C[C@@H](c4ccc(C#CCCO)cc4)N4CCC[C@@]34C2=O)c1. The second kappa shape index (κ2) is 8.61. The summed E-state index contributed by atoms with van der Waals surface area (Å²) in [6.07, 6.45) is 3.56. The highest BCUT2D eigenvalue weighted by Gasteiger charge is 2.65. The van der Waals surface area contributed by atoms with Crippen LogP contribution in [0.2, 0.25) is 0 Å². The lowest BCUT2D eigenvalue weighted by atomic mass is 9.85. The van der Waals surface area contributed by atoms with Crippen LogP contribution < -0.4 is 4.74 Å². The van der Waals surface area contributed by atoms with Gasteiger partial charge in [0.05, 0.1) is 13.7 Å². The summed E-state index contributed by atoms with van der Waals surface area (Å²) in [6, 6.07) is 16.8. The Kier molecular flexibility index (Phi) is 5.67. The third-order valence-electron chi connectivity index (χ3n) is 7.40. The highest BCUT2D eigenvalue weighted by atomic mass is 16.5. The van der Waals surface area contributed by atoms with Crippen molar-refractivity contribution in [1.29, 1.82) is 0 Å². The van der Waals surface area contributed by atoms with Gasteiger partial charge in [0.2, 0.25) is 5.91 Å². The van der Waals surface area contributed by atoms with Crippen LogP contribution in [-0.4, -0.2) is 53.2 Å². The number of rotatable bonds is 5. The quantitative estimate of drug-likeness (QED) is 0.739. The Labute approximate surface area is 190 Å². The van der Waals surface area contributed by atoms with E-state index in [1.165, 1.54) is 5.56 Å². The molecule has 2 aromatic carbocycles. The number of ether oxygens (including phenoxy) is 1. The lowest BCUT2D eigenvalue weighted by Crippen LogP contribution is -2.49. The Morgan fingerprint density at radius 1 is 1.22 bits per heavy atom. The van der Waals surface area contributed by atoms with Crippen LogP contribution in [0.5, 0.6) is 5.75 Å². The van der Waals surface area contributed by atoms with Crippen molar-refractivity contribution in [3.8, 4) is 17.6 Å².